The minimum absolute atomic E-state index is 0.0656. The molecule has 1 amide bonds. The molecule has 0 saturated heterocycles. The second kappa shape index (κ2) is 6.16. The molecule has 1 N–H and O–H groups in total. The summed E-state index contributed by atoms with van der Waals surface area (Å²) in [4.78, 5) is 21.2. The molecule has 1 rings (SSSR count). The van der Waals surface area contributed by atoms with Gasteiger partial charge in [-0.15, -0.1) is 0 Å². The number of nitrogens with one attached hydrogen (secondary N) is 1. The van der Waals surface area contributed by atoms with Gasteiger partial charge in [0.25, 0.3) is 0 Å². The third-order valence-electron chi connectivity index (χ3n) is 1.89. The molecule has 0 aliphatic carbocycles. The van der Waals surface area contributed by atoms with Crippen LogP contribution in [-0.4, -0.2) is 35.5 Å². The number of aromatic nitrogens is 2. The van der Waals surface area contributed by atoms with E-state index in [9.17, 15) is 4.79 Å². The summed E-state index contributed by atoms with van der Waals surface area (Å²) in [6.07, 6.45) is 1.56. The normalized spacial score (nSPS) is 10.5. The number of hydrogen-bond donors (Lipinski definition) is 1. The van der Waals surface area contributed by atoms with E-state index in [-0.39, 0.29) is 23.8 Å². The van der Waals surface area contributed by atoms with E-state index in [1.54, 1.807) is 18.1 Å². The molecule has 0 fully saturated rings. The summed E-state index contributed by atoms with van der Waals surface area (Å²) in [6, 6.07) is 0.119. The van der Waals surface area contributed by atoms with Gasteiger partial charge in [0.2, 0.25) is 11.2 Å². The quantitative estimate of drug-likeness (QED) is 0.860. The highest BCUT2D eigenvalue weighted by Crippen LogP contribution is 2.22. The number of amides is 1. The standard InChI is InChI=1S/C10H14BrClN4O/c1-6(2)14-8(17)5-16(3)9-7(11)4-13-10(12)15-9/h4,6H,5H2,1-3H3,(H,14,17). The van der Waals surface area contributed by atoms with Crippen LogP contribution in [0.15, 0.2) is 10.7 Å². The van der Waals surface area contributed by atoms with Crippen molar-refractivity contribution in [2.24, 2.45) is 0 Å². The topological polar surface area (TPSA) is 58.1 Å². The van der Waals surface area contributed by atoms with Gasteiger partial charge in [-0.25, -0.2) is 4.98 Å². The Bertz CT molecular complexity index is 413. The maximum Gasteiger partial charge on any atom is 0.239 e. The van der Waals surface area contributed by atoms with Crippen molar-refractivity contribution in [1.29, 1.82) is 0 Å². The third kappa shape index (κ3) is 4.47. The van der Waals surface area contributed by atoms with Crippen molar-refractivity contribution in [3.05, 3.63) is 16.0 Å². The Hall–Kier alpha value is -0.880. The van der Waals surface area contributed by atoms with Gasteiger partial charge in [0.05, 0.1) is 11.0 Å². The number of hydrogen-bond acceptors (Lipinski definition) is 4. The van der Waals surface area contributed by atoms with Crippen LogP contribution in [0, 0.1) is 0 Å². The first-order chi connectivity index (χ1) is 7.90. The van der Waals surface area contributed by atoms with Crippen molar-refractivity contribution in [3.8, 4) is 0 Å². The molecule has 0 aliphatic rings. The Morgan fingerprint density at radius 1 is 1.65 bits per heavy atom. The summed E-state index contributed by atoms with van der Waals surface area (Å²) < 4.78 is 0.696. The molecule has 0 aliphatic heterocycles. The van der Waals surface area contributed by atoms with Crippen LogP contribution in [0.2, 0.25) is 5.28 Å². The SMILES string of the molecule is CC(C)NC(=O)CN(C)c1nc(Cl)ncc1Br. The molecule has 94 valence electrons. The number of rotatable bonds is 4. The number of nitrogens with zero attached hydrogens (tertiary/aromatic N) is 3. The molecule has 0 radical (unpaired) electrons. The molecule has 0 aromatic carbocycles. The van der Waals surface area contributed by atoms with Crippen molar-refractivity contribution < 1.29 is 4.79 Å². The molecule has 0 saturated carbocycles. The Morgan fingerprint density at radius 2 is 2.29 bits per heavy atom. The minimum atomic E-state index is -0.0656. The van der Waals surface area contributed by atoms with E-state index in [1.165, 1.54) is 0 Å². The van der Waals surface area contributed by atoms with Gasteiger partial charge in [-0.2, -0.15) is 4.98 Å². The lowest BCUT2D eigenvalue weighted by atomic mass is 10.4. The summed E-state index contributed by atoms with van der Waals surface area (Å²) >= 11 is 9.03. The second-order valence-corrected chi connectivity index (χ2v) is 5.08. The fourth-order valence-corrected chi connectivity index (χ4v) is 1.89. The van der Waals surface area contributed by atoms with E-state index in [2.05, 4.69) is 31.2 Å². The molecule has 17 heavy (non-hydrogen) atoms. The molecule has 1 aromatic rings. The molecule has 0 atom stereocenters. The Kier molecular flexibility index (Phi) is 5.14. The summed E-state index contributed by atoms with van der Waals surface area (Å²) in [6.45, 7) is 4.04. The monoisotopic (exact) mass is 320 g/mol. The Labute approximate surface area is 114 Å². The van der Waals surface area contributed by atoms with E-state index >= 15 is 0 Å². The fourth-order valence-electron chi connectivity index (χ4n) is 1.26. The van der Waals surface area contributed by atoms with Crippen LogP contribution in [0.25, 0.3) is 0 Å². The van der Waals surface area contributed by atoms with Gasteiger partial charge in [0.1, 0.15) is 5.82 Å². The number of likely N-dealkylation sites (N-methyl/N-ethyl adjacent to an activating group) is 1. The lowest BCUT2D eigenvalue weighted by molar-refractivity contribution is -0.120. The Morgan fingerprint density at radius 3 is 2.88 bits per heavy atom. The predicted octanol–water partition coefficient (Wildman–Crippen LogP) is 1.85. The van der Waals surface area contributed by atoms with Crippen LogP contribution in [0.1, 0.15) is 13.8 Å². The van der Waals surface area contributed by atoms with Crippen LogP contribution in [-0.2, 0) is 4.79 Å². The van der Waals surface area contributed by atoms with Gasteiger partial charge in [0, 0.05) is 19.3 Å². The molecule has 0 unspecified atom stereocenters. The first-order valence-corrected chi connectivity index (χ1v) is 6.25. The molecule has 5 nitrogen and oxygen atoms in total. The summed E-state index contributed by atoms with van der Waals surface area (Å²) in [5.74, 6) is 0.521. The largest absolute Gasteiger partial charge is 0.352 e. The molecular weight excluding hydrogens is 307 g/mol. The average Bonchev–Trinajstić information content (AvgIpc) is 2.20. The zero-order valence-electron chi connectivity index (χ0n) is 9.87. The summed E-state index contributed by atoms with van der Waals surface area (Å²) in [7, 11) is 1.77. The smallest absolute Gasteiger partial charge is 0.239 e. The molecule has 1 aromatic heterocycles. The zero-order chi connectivity index (χ0) is 13.0. The van der Waals surface area contributed by atoms with Crippen molar-refractivity contribution in [1.82, 2.24) is 15.3 Å². The molecule has 0 bridgehead atoms. The van der Waals surface area contributed by atoms with Crippen molar-refractivity contribution >= 4 is 39.3 Å². The molecule has 7 heteroatoms. The van der Waals surface area contributed by atoms with E-state index in [0.29, 0.717) is 10.3 Å². The summed E-state index contributed by atoms with van der Waals surface area (Å²) in [5.41, 5.74) is 0. The van der Waals surface area contributed by atoms with Gasteiger partial charge in [-0.1, -0.05) is 0 Å². The van der Waals surface area contributed by atoms with Crippen LogP contribution < -0.4 is 10.2 Å². The number of halogens is 2. The van der Waals surface area contributed by atoms with Crippen LogP contribution in [0.4, 0.5) is 5.82 Å². The first kappa shape index (κ1) is 14.2. The van der Waals surface area contributed by atoms with Crippen molar-refractivity contribution in [2.45, 2.75) is 19.9 Å². The van der Waals surface area contributed by atoms with Crippen LogP contribution in [0.3, 0.4) is 0 Å². The lowest BCUT2D eigenvalue weighted by Gasteiger charge is -2.19. The third-order valence-corrected chi connectivity index (χ3v) is 2.63. The number of carbonyl (C=O) groups excluding carboxylic acids is 1. The molecule has 1 heterocycles. The van der Waals surface area contributed by atoms with E-state index < -0.39 is 0 Å². The van der Waals surface area contributed by atoms with Crippen LogP contribution in [0.5, 0.6) is 0 Å². The predicted molar refractivity (Wildman–Crippen MR) is 71.3 cm³/mol. The lowest BCUT2D eigenvalue weighted by Crippen LogP contribution is -2.39. The fraction of sp³-hybridized carbons (Fsp3) is 0.500. The second-order valence-electron chi connectivity index (χ2n) is 3.89. The maximum atomic E-state index is 11.6. The van der Waals surface area contributed by atoms with Crippen molar-refractivity contribution in [3.63, 3.8) is 0 Å². The highest BCUT2D eigenvalue weighted by molar-refractivity contribution is 9.10. The zero-order valence-corrected chi connectivity index (χ0v) is 12.2. The average molecular weight is 322 g/mol. The minimum Gasteiger partial charge on any atom is -0.352 e. The van der Waals surface area contributed by atoms with Gasteiger partial charge in [-0.05, 0) is 41.4 Å². The van der Waals surface area contributed by atoms with E-state index in [1.807, 2.05) is 13.8 Å². The van der Waals surface area contributed by atoms with Gasteiger partial charge in [0.15, 0.2) is 0 Å². The highest BCUT2D eigenvalue weighted by Gasteiger charge is 2.13. The highest BCUT2D eigenvalue weighted by atomic mass is 79.9. The van der Waals surface area contributed by atoms with Crippen LogP contribution >= 0.6 is 27.5 Å². The van der Waals surface area contributed by atoms with Crippen molar-refractivity contribution in [2.75, 3.05) is 18.5 Å². The molecule has 0 spiro atoms. The van der Waals surface area contributed by atoms with E-state index in [0.717, 1.165) is 0 Å². The first-order valence-electron chi connectivity index (χ1n) is 5.08. The van der Waals surface area contributed by atoms with E-state index in [4.69, 9.17) is 11.6 Å². The summed E-state index contributed by atoms with van der Waals surface area (Å²) in [5, 5.41) is 2.96. The Balaban J connectivity index is 2.72. The number of carbonyl (C=O) groups is 1. The number of anilines is 1. The van der Waals surface area contributed by atoms with Gasteiger partial charge in [-0.3, -0.25) is 4.79 Å². The van der Waals surface area contributed by atoms with Gasteiger partial charge >= 0.3 is 0 Å². The molecular formula is C10H14BrClN4O. The van der Waals surface area contributed by atoms with Gasteiger partial charge < -0.3 is 10.2 Å². The maximum absolute atomic E-state index is 11.6.